The van der Waals surface area contributed by atoms with Gasteiger partial charge in [0.2, 0.25) is 0 Å². The Bertz CT molecular complexity index is 239. The van der Waals surface area contributed by atoms with Gasteiger partial charge in [0, 0.05) is 18.8 Å². The van der Waals surface area contributed by atoms with Crippen molar-refractivity contribution in [2.45, 2.75) is 44.8 Å². The summed E-state index contributed by atoms with van der Waals surface area (Å²) in [6.45, 7) is 3.56. The summed E-state index contributed by atoms with van der Waals surface area (Å²) in [5, 5.41) is 0. The van der Waals surface area contributed by atoms with E-state index >= 15 is 0 Å². The average molecular weight is 194 g/mol. The Morgan fingerprint density at radius 3 is 3.00 bits per heavy atom. The third-order valence-corrected chi connectivity index (χ3v) is 2.70. The smallest absolute Gasteiger partial charge is 0.165 e. The largest absolute Gasteiger partial charge is 0.350 e. The average Bonchev–Trinajstić information content (AvgIpc) is 2.89. The zero-order chi connectivity index (χ0) is 9.86. The minimum Gasteiger partial charge on any atom is -0.350 e. The fourth-order valence-electron chi connectivity index (χ4n) is 1.63. The van der Waals surface area contributed by atoms with Gasteiger partial charge in [-0.1, -0.05) is 5.92 Å². The first kappa shape index (κ1) is 10.0. The van der Waals surface area contributed by atoms with Crippen LogP contribution >= 0.6 is 0 Å². The zero-order valence-corrected chi connectivity index (χ0v) is 8.84. The first-order valence-electron chi connectivity index (χ1n) is 5.55. The van der Waals surface area contributed by atoms with E-state index in [0.717, 1.165) is 25.9 Å². The summed E-state index contributed by atoms with van der Waals surface area (Å²) in [6, 6.07) is 0. The van der Waals surface area contributed by atoms with Crippen LogP contribution in [0.4, 0.5) is 0 Å². The maximum Gasteiger partial charge on any atom is 0.165 e. The minimum absolute atomic E-state index is 0.318. The monoisotopic (exact) mass is 194 g/mol. The highest BCUT2D eigenvalue weighted by atomic mass is 16.7. The van der Waals surface area contributed by atoms with Gasteiger partial charge in [-0.2, -0.15) is 0 Å². The van der Waals surface area contributed by atoms with Gasteiger partial charge in [0.1, 0.15) is 0 Å². The molecule has 1 aliphatic carbocycles. The summed E-state index contributed by atoms with van der Waals surface area (Å²) in [4.78, 5) is 0. The minimum atomic E-state index is -0.318. The molecule has 0 amide bonds. The van der Waals surface area contributed by atoms with E-state index in [1.807, 2.05) is 6.92 Å². The molecule has 2 nitrogen and oxygen atoms in total. The highest BCUT2D eigenvalue weighted by Crippen LogP contribution is 2.28. The molecule has 2 aliphatic rings. The van der Waals surface area contributed by atoms with E-state index in [2.05, 4.69) is 11.8 Å². The molecule has 0 aromatic heterocycles. The van der Waals surface area contributed by atoms with Crippen LogP contribution in [0.25, 0.3) is 0 Å². The first-order chi connectivity index (χ1) is 6.79. The summed E-state index contributed by atoms with van der Waals surface area (Å²) in [5.41, 5.74) is 0. The summed E-state index contributed by atoms with van der Waals surface area (Å²) in [5.74, 6) is 6.77. The molecule has 1 aliphatic heterocycles. The molecule has 2 rings (SSSR count). The van der Waals surface area contributed by atoms with Crippen LogP contribution in [0.3, 0.4) is 0 Å². The lowest BCUT2D eigenvalue weighted by molar-refractivity contribution is -0.195. The Morgan fingerprint density at radius 1 is 1.50 bits per heavy atom. The van der Waals surface area contributed by atoms with Crippen LogP contribution in [0, 0.1) is 17.8 Å². The van der Waals surface area contributed by atoms with Gasteiger partial charge in [0.25, 0.3) is 0 Å². The van der Waals surface area contributed by atoms with Crippen molar-refractivity contribution in [2.75, 3.05) is 13.2 Å². The van der Waals surface area contributed by atoms with Crippen molar-refractivity contribution in [1.29, 1.82) is 0 Å². The highest BCUT2D eigenvalue weighted by molar-refractivity contribution is 5.08. The third-order valence-electron chi connectivity index (χ3n) is 2.70. The molecule has 1 saturated heterocycles. The quantitative estimate of drug-likeness (QED) is 0.507. The lowest BCUT2D eigenvalue weighted by Gasteiger charge is -2.22. The molecule has 0 radical (unpaired) electrons. The van der Waals surface area contributed by atoms with Gasteiger partial charge in [-0.25, -0.2) is 0 Å². The van der Waals surface area contributed by atoms with Crippen LogP contribution in [-0.4, -0.2) is 19.0 Å². The maximum atomic E-state index is 5.67. The summed E-state index contributed by atoms with van der Waals surface area (Å²) in [7, 11) is 0. The fraction of sp³-hybridized carbons (Fsp3) is 0.833. The molecule has 14 heavy (non-hydrogen) atoms. The first-order valence-corrected chi connectivity index (χ1v) is 5.55. The fourth-order valence-corrected chi connectivity index (χ4v) is 1.63. The second-order valence-electron chi connectivity index (χ2n) is 4.28. The Labute approximate surface area is 86.0 Å². The van der Waals surface area contributed by atoms with Crippen LogP contribution in [0.5, 0.6) is 0 Å². The predicted octanol–water partition coefficient (Wildman–Crippen LogP) is 2.33. The van der Waals surface area contributed by atoms with Crippen LogP contribution < -0.4 is 0 Å². The second kappa shape index (κ2) is 4.33. The third kappa shape index (κ3) is 3.01. The van der Waals surface area contributed by atoms with Crippen molar-refractivity contribution in [3.63, 3.8) is 0 Å². The number of ether oxygens (including phenoxy) is 2. The van der Waals surface area contributed by atoms with Gasteiger partial charge >= 0.3 is 0 Å². The topological polar surface area (TPSA) is 18.5 Å². The molecule has 0 aromatic carbocycles. The Kier molecular flexibility index (Phi) is 3.10. The molecule has 1 saturated carbocycles. The molecule has 0 bridgehead atoms. The Morgan fingerprint density at radius 2 is 2.36 bits per heavy atom. The predicted molar refractivity (Wildman–Crippen MR) is 54.7 cm³/mol. The van der Waals surface area contributed by atoms with Gasteiger partial charge in [0.05, 0.1) is 13.2 Å². The molecule has 1 unspecified atom stereocenters. The van der Waals surface area contributed by atoms with Gasteiger partial charge in [0.15, 0.2) is 5.79 Å². The van der Waals surface area contributed by atoms with Gasteiger partial charge in [-0.15, -0.1) is 5.92 Å². The Hall–Kier alpha value is -0.520. The highest BCUT2D eigenvalue weighted by Gasteiger charge is 2.30. The molecule has 0 spiro atoms. The van der Waals surface area contributed by atoms with Gasteiger partial charge < -0.3 is 9.47 Å². The lowest BCUT2D eigenvalue weighted by Crippen LogP contribution is -2.27. The standard InChI is InChI=1S/C12H18O2/c1-12(8-4-10-14-12)13-9-3-2-5-11-6-7-11/h11H,3-4,6-10H2,1H3. The second-order valence-corrected chi connectivity index (χ2v) is 4.28. The summed E-state index contributed by atoms with van der Waals surface area (Å²) < 4.78 is 11.2. The van der Waals surface area contributed by atoms with E-state index in [1.54, 1.807) is 0 Å². The van der Waals surface area contributed by atoms with Crippen LogP contribution in [-0.2, 0) is 9.47 Å². The van der Waals surface area contributed by atoms with E-state index in [-0.39, 0.29) is 5.79 Å². The summed E-state index contributed by atoms with van der Waals surface area (Å²) in [6.07, 6.45) is 5.58. The Balaban J connectivity index is 1.60. The molecule has 78 valence electrons. The SMILES string of the molecule is CC1(OCCC#CC2CC2)CCCO1. The molecular formula is C12H18O2. The molecule has 0 aromatic rings. The van der Waals surface area contributed by atoms with Crippen molar-refractivity contribution in [1.82, 2.24) is 0 Å². The molecule has 1 heterocycles. The molecular weight excluding hydrogens is 176 g/mol. The van der Waals surface area contributed by atoms with E-state index < -0.39 is 0 Å². The normalized spacial score (nSPS) is 31.2. The molecule has 1 atom stereocenters. The van der Waals surface area contributed by atoms with Crippen molar-refractivity contribution < 1.29 is 9.47 Å². The van der Waals surface area contributed by atoms with E-state index in [0.29, 0.717) is 12.5 Å². The lowest BCUT2D eigenvalue weighted by atomic mass is 10.2. The maximum absolute atomic E-state index is 5.67. The zero-order valence-electron chi connectivity index (χ0n) is 8.84. The summed E-state index contributed by atoms with van der Waals surface area (Å²) >= 11 is 0. The van der Waals surface area contributed by atoms with Crippen LogP contribution in [0.2, 0.25) is 0 Å². The molecule has 2 heteroatoms. The van der Waals surface area contributed by atoms with Crippen LogP contribution in [0.1, 0.15) is 39.0 Å². The number of hydrogen-bond donors (Lipinski definition) is 0. The van der Waals surface area contributed by atoms with Crippen molar-refractivity contribution in [3.05, 3.63) is 0 Å². The van der Waals surface area contributed by atoms with Crippen LogP contribution in [0.15, 0.2) is 0 Å². The van der Waals surface area contributed by atoms with Crippen molar-refractivity contribution >= 4 is 0 Å². The number of rotatable bonds is 3. The van der Waals surface area contributed by atoms with Gasteiger partial charge in [-0.3, -0.25) is 0 Å². The molecule has 0 N–H and O–H groups in total. The van der Waals surface area contributed by atoms with Crippen molar-refractivity contribution in [2.24, 2.45) is 5.92 Å². The van der Waals surface area contributed by atoms with E-state index in [1.165, 1.54) is 12.8 Å². The number of hydrogen-bond acceptors (Lipinski definition) is 2. The van der Waals surface area contributed by atoms with E-state index in [4.69, 9.17) is 9.47 Å². The van der Waals surface area contributed by atoms with Crippen molar-refractivity contribution in [3.8, 4) is 11.8 Å². The molecule has 2 fully saturated rings. The van der Waals surface area contributed by atoms with E-state index in [9.17, 15) is 0 Å². The van der Waals surface area contributed by atoms with Gasteiger partial charge in [-0.05, 0) is 26.2 Å².